The predicted octanol–water partition coefficient (Wildman–Crippen LogP) is 6.56. The third-order valence-electron chi connectivity index (χ3n) is 5.62. The molecule has 1 unspecified atom stereocenters. The summed E-state index contributed by atoms with van der Waals surface area (Å²) in [7, 11) is 3.09. The highest BCUT2D eigenvalue weighted by atomic mass is 127. The zero-order valence-electron chi connectivity index (χ0n) is 21.8. The van der Waals surface area contributed by atoms with E-state index >= 15 is 0 Å². The minimum Gasteiger partial charge on any atom is -0.497 e. The van der Waals surface area contributed by atoms with Gasteiger partial charge in [-0.1, -0.05) is 43.1 Å². The summed E-state index contributed by atoms with van der Waals surface area (Å²) in [6, 6.07) is 15.6. The quantitative estimate of drug-likeness (QED) is 0.103. The topological polar surface area (TPSA) is 98.2 Å². The Morgan fingerprint density at radius 2 is 1.72 bits per heavy atom. The number of nitrogens with zero attached hydrogens (tertiary/aromatic N) is 1. The number of anilines is 1. The summed E-state index contributed by atoms with van der Waals surface area (Å²) < 4.78 is 17.4. The lowest BCUT2D eigenvalue weighted by molar-refractivity contribution is -0.134. The van der Waals surface area contributed by atoms with Crippen molar-refractivity contribution in [2.24, 2.45) is 16.9 Å². The largest absolute Gasteiger partial charge is 0.497 e. The molecule has 0 fully saturated rings. The number of halogens is 3. The van der Waals surface area contributed by atoms with Crippen LogP contribution in [0.3, 0.4) is 0 Å². The van der Waals surface area contributed by atoms with Crippen LogP contribution in [0.15, 0.2) is 59.7 Å². The molecule has 3 aromatic rings. The summed E-state index contributed by atoms with van der Waals surface area (Å²) >= 11 is 14.3. The van der Waals surface area contributed by atoms with Gasteiger partial charge in [0.25, 0.3) is 5.91 Å². The van der Waals surface area contributed by atoms with Gasteiger partial charge in [-0.2, -0.15) is 5.10 Å². The number of hydrogen-bond donors (Lipinski definition) is 2. The molecule has 0 aliphatic heterocycles. The SMILES string of the molecule is COc1ccc(NC(=O)C(C(=O)NN=Cc2cc(I)c(OCc3ccc(Cl)cc3Cl)c(OC)c2)C(C)C)cc1. The monoisotopic (exact) mass is 683 g/mol. The molecule has 0 aliphatic carbocycles. The Bertz CT molecular complexity index is 1350. The molecule has 0 spiro atoms. The van der Waals surface area contributed by atoms with E-state index in [0.29, 0.717) is 38.5 Å². The van der Waals surface area contributed by atoms with Gasteiger partial charge >= 0.3 is 0 Å². The Hall–Kier alpha value is -3.02. The predicted molar refractivity (Wildman–Crippen MR) is 162 cm³/mol. The van der Waals surface area contributed by atoms with Crippen molar-refractivity contribution in [3.8, 4) is 17.2 Å². The van der Waals surface area contributed by atoms with Crippen molar-refractivity contribution in [3.05, 3.63) is 79.3 Å². The summed E-state index contributed by atoms with van der Waals surface area (Å²) in [5, 5.41) is 7.89. The van der Waals surface area contributed by atoms with E-state index in [1.807, 2.05) is 6.07 Å². The molecule has 0 heterocycles. The maximum absolute atomic E-state index is 12.8. The van der Waals surface area contributed by atoms with E-state index < -0.39 is 17.7 Å². The van der Waals surface area contributed by atoms with Crippen molar-refractivity contribution in [2.45, 2.75) is 20.5 Å². The smallest absolute Gasteiger partial charge is 0.252 e. The number of carbonyl (C=O) groups is 2. The summed E-state index contributed by atoms with van der Waals surface area (Å²) in [4.78, 5) is 25.7. The Labute approximate surface area is 251 Å². The van der Waals surface area contributed by atoms with Crippen LogP contribution in [-0.2, 0) is 16.2 Å². The van der Waals surface area contributed by atoms with Crippen LogP contribution in [0.1, 0.15) is 25.0 Å². The fourth-order valence-electron chi connectivity index (χ4n) is 3.60. The summed E-state index contributed by atoms with van der Waals surface area (Å²) in [6.07, 6.45) is 1.47. The molecule has 0 aromatic heterocycles. The fourth-order valence-corrected chi connectivity index (χ4v) is 4.85. The molecule has 0 radical (unpaired) electrons. The lowest BCUT2D eigenvalue weighted by Gasteiger charge is -2.18. The molecule has 0 aliphatic rings. The maximum Gasteiger partial charge on any atom is 0.252 e. The molecule has 11 heteroatoms. The first-order chi connectivity index (χ1) is 18.6. The van der Waals surface area contributed by atoms with Gasteiger partial charge in [-0.3, -0.25) is 9.59 Å². The number of carbonyl (C=O) groups excluding carboxylic acids is 2. The molecule has 2 amide bonds. The normalized spacial score (nSPS) is 11.8. The molecule has 0 saturated heterocycles. The summed E-state index contributed by atoms with van der Waals surface area (Å²) in [6.45, 7) is 3.82. The van der Waals surface area contributed by atoms with E-state index in [4.69, 9.17) is 37.4 Å². The molecule has 0 bridgehead atoms. The van der Waals surface area contributed by atoms with Crippen LogP contribution < -0.4 is 25.0 Å². The van der Waals surface area contributed by atoms with Gasteiger partial charge in [-0.05, 0) is 82.6 Å². The van der Waals surface area contributed by atoms with Gasteiger partial charge in [-0.25, -0.2) is 5.43 Å². The second-order valence-corrected chi connectivity index (χ2v) is 10.7. The summed E-state index contributed by atoms with van der Waals surface area (Å²) in [5.74, 6) is -0.467. The van der Waals surface area contributed by atoms with Crippen molar-refractivity contribution in [1.82, 2.24) is 5.43 Å². The zero-order chi connectivity index (χ0) is 28.5. The van der Waals surface area contributed by atoms with Crippen LogP contribution in [0.5, 0.6) is 17.2 Å². The minimum atomic E-state index is -0.950. The molecule has 0 saturated carbocycles. The van der Waals surface area contributed by atoms with Crippen molar-refractivity contribution >= 4 is 69.5 Å². The van der Waals surface area contributed by atoms with Gasteiger partial charge < -0.3 is 19.5 Å². The molecule has 206 valence electrons. The second-order valence-electron chi connectivity index (χ2n) is 8.73. The Balaban J connectivity index is 1.66. The van der Waals surface area contributed by atoms with Gasteiger partial charge in [0.05, 0.1) is 24.0 Å². The lowest BCUT2D eigenvalue weighted by atomic mass is 9.94. The second kappa shape index (κ2) is 14.4. The highest BCUT2D eigenvalue weighted by molar-refractivity contribution is 14.1. The Morgan fingerprint density at radius 3 is 2.33 bits per heavy atom. The fraction of sp³-hybridized carbons (Fsp3) is 0.250. The first kappa shape index (κ1) is 30.5. The molecule has 3 rings (SSSR count). The van der Waals surface area contributed by atoms with E-state index in [0.717, 1.165) is 9.13 Å². The number of benzene rings is 3. The van der Waals surface area contributed by atoms with Crippen molar-refractivity contribution in [1.29, 1.82) is 0 Å². The number of amides is 2. The van der Waals surface area contributed by atoms with Crippen LogP contribution in [0.25, 0.3) is 0 Å². The van der Waals surface area contributed by atoms with E-state index in [1.54, 1.807) is 69.5 Å². The van der Waals surface area contributed by atoms with Gasteiger partial charge in [0.15, 0.2) is 11.5 Å². The molecular weight excluding hydrogens is 656 g/mol. The highest BCUT2D eigenvalue weighted by Gasteiger charge is 2.30. The molecular formula is C28H28Cl2IN3O5. The van der Waals surface area contributed by atoms with Gasteiger partial charge in [-0.15, -0.1) is 0 Å². The van der Waals surface area contributed by atoms with Crippen LogP contribution in [0.4, 0.5) is 5.69 Å². The van der Waals surface area contributed by atoms with Crippen LogP contribution in [0, 0.1) is 15.4 Å². The Morgan fingerprint density at radius 1 is 1.00 bits per heavy atom. The Kier molecular flexibility index (Phi) is 11.3. The number of hydrazone groups is 1. The van der Waals surface area contributed by atoms with Crippen molar-refractivity contribution in [2.75, 3.05) is 19.5 Å². The van der Waals surface area contributed by atoms with Crippen LogP contribution in [0.2, 0.25) is 10.0 Å². The average molecular weight is 684 g/mol. The van der Waals surface area contributed by atoms with Crippen molar-refractivity contribution < 1.29 is 23.8 Å². The third-order valence-corrected chi connectivity index (χ3v) is 7.00. The number of ether oxygens (including phenoxy) is 3. The molecule has 8 nitrogen and oxygen atoms in total. The van der Waals surface area contributed by atoms with Crippen LogP contribution >= 0.6 is 45.8 Å². The third kappa shape index (κ3) is 8.48. The van der Waals surface area contributed by atoms with Gasteiger partial charge in [0, 0.05) is 21.3 Å². The highest BCUT2D eigenvalue weighted by Crippen LogP contribution is 2.35. The summed E-state index contributed by atoms with van der Waals surface area (Å²) in [5.41, 5.74) is 4.48. The van der Waals surface area contributed by atoms with E-state index in [9.17, 15) is 9.59 Å². The molecule has 2 N–H and O–H groups in total. The number of methoxy groups -OCH3 is 2. The first-order valence-corrected chi connectivity index (χ1v) is 13.7. The number of rotatable bonds is 11. The van der Waals surface area contributed by atoms with E-state index in [1.165, 1.54) is 13.3 Å². The van der Waals surface area contributed by atoms with Gasteiger partial charge in [0.2, 0.25) is 5.91 Å². The zero-order valence-corrected chi connectivity index (χ0v) is 25.4. The molecule has 3 aromatic carbocycles. The first-order valence-electron chi connectivity index (χ1n) is 11.8. The minimum absolute atomic E-state index is 0.223. The van der Waals surface area contributed by atoms with Crippen molar-refractivity contribution in [3.63, 3.8) is 0 Å². The number of nitrogens with one attached hydrogen (secondary N) is 2. The molecule has 39 heavy (non-hydrogen) atoms. The number of hydrogen-bond acceptors (Lipinski definition) is 6. The standard InChI is InChI=1S/C28H28Cl2IN3O5/c1-16(2)25(27(35)33-20-7-9-21(37-3)10-8-20)28(36)34-32-14-17-11-23(31)26(24(12-17)38-4)39-15-18-5-6-19(29)13-22(18)30/h5-14,16,25H,15H2,1-4H3,(H,33,35)(H,34,36). The van der Waals surface area contributed by atoms with E-state index in [-0.39, 0.29) is 12.5 Å². The maximum atomic E-state index is 12.8. The lowest BCUT2D eigenvalue weighted by Crippen LogP contribution is -2.39. The molecule has 1 atom stereocenters. The van der Waals surface area contributed by atoms with E-state index in [2.05, 4.69) is 38.4 Å². The van der Waals surface area contributed by atoms with Gasteiger partial charge in [0.1, 0.15) is 18.3 Å². The average Bonchev–Trinajstić information content (AvgIpc) is 2.89. The van der Waals surface area contributed by atoms with Crippen LogP contribution in [-0.4, -0.2) is 32.2 Å².